The second-order valence-electron chi connectivity index (χ2n) is 4.14. The van der Waals surface area contributed by atoms with Gasteiger partial charge in [-0.1, -0.05) is 0 Å². The molecule has 0 aliphatic carbocycles. The molecular weight excluding hydrogens is 237 g/mol. The maximum absolute atomic E-state index is 13.0. The molecule has 1 fully saturated rings. The largest absolute Gasteiger partial charge is 0.357 e. The minimum absolute atomic E-state index is 0.185. The summed E-state index contributed by atoms with van der Waals surface area (Å²) in [5.74, 6) is -1.21. The minimum atomic E-state index is -0.698. The normalized spacial score (nSPS) is 18.8. The highest BCUT2D eigenvalue weighted by Crippen LogP contribution is 2.20. The van der Waals surface area contributed by atoms with Gasteiger partial charge in [0.1, 0.15) is 6.04 Å². The van der Waals surface area contributed by atoms with Crippen LogP contribution < -0.4 is 5.32 Å². The molecule has 2 amide bonds. The monoisotopic (exact) mass is 251 g/mol. The summed E-state index contributed by atoms with van der Waals surface area (Å²) >= 11 is 0. The molecule has 0 bridgehead atoms. The van der Waals surface area contributed by atoms with Crippen molar-refractivity contribution in [3.63, 3.8) is 0 Å². The number of nitrogens with one attached hydrogen (secondary N) is 1. The quantitative estimate of drug-likeness (QED) is 0.782. The number of rotatable bonds is 2. The van der Waals surface area contributed by atoms with Crippen LogP contribution in [0.4, 0.5) is 4.39 Å². The van der Waals surface area contributed by atoms with E-state index in [1.165, 1.54) is 24.2 Å². The molecule has 1 aromatic heterocycles. The lowest BCUT2D eigenvalue weighted by atomic mass is 10.2. The highest BCUT2D eigenvalue weighted by atomic mass is 19.1. The van der Waals surface area contributed by atoms with E-state index >= 15 is 0 Å². The Morgan fingerprint density at radius 1 is 1.56 bits per heavy atom. The van der Waals surface area contributed by atoms with Crippen LogP contribution in [0.15, 0.2) is 18.3 Å². The zero-order valence-corrected chi connectivity index (χ0v) is 10.0. The molecule has 1 N–H and O–H groups in total. The number of nitrogens with zero attached hydrogens (tertiary/aromatic N) is 2. The average Bonchev–Trinajstić information content (AvgIpc) is 2.86. The third kappa shape index (κ3) is 2.32. The van der Waals surface area contributed by atoms with E-state index in [-0.39, 0.29) is 17.4 Å². The van der Waals surface area contributed by atoms with Crippen molar-refractivity contribution >= 4 is 11.8 Å². The molecule has 1 aliphatic rings. The fraction of sp³-hybridized carbons (Fsp3) is 0.417. The molecule has 18 heavy (non-hydrogen) atoms. The summed E-state index contributed by atoms with van der Waals surface area (Å²) in [6, 6.07) is 2.07. The molecule has 0 spiro atoms. The maximum Gasteiger partial charge on any atom is 0.254 e. The van der Waals surface area contributed by atoms with Crippen LogP contribution in [-0.4, -0.2) is 41.3 Å². The van der Waals surface area contributed by atoms with Gasteiger partial charge in [0.15, 0.2) is 0 Å². The van der Waals surface area contributed by atoms with Crippen LogP contribution in [0.5, 0.6) is 0 Å². The first kappa shape index (κ1) is 12.5. The Bertz CT molecular complexity index is 478. The van der Waals surface area contributed by atoms with E-state index in [0.29, 0.717) is 13.0 Å². The number of likely N-dealkylation sites (N-methyl/N-ethyl adjacent to an activating group) is 1. The molecule has 96 valence electrons. The van der Waals surface area contributed by atoms with E-state index in [4.69, 9.17) is 0 Å². The first-order valence-corrected chi connectivity index (χ1v) is 5.77. The zero-order chi connectivity index (χ0) is 13.1. The number of halogens is 1. The maximum atomic E-state index is 13.0. The van der Waals surface area contributed by atoms with Crippen molar-refractivity contribution in [2.45, 2.75) is 18.9 Å². The molecule has 1 aromatic rings. The predicted octanol–water partition coefficient (Wildman–Crippen LogP) is 0.571. The van der Waals surface area contributed by atoms with Gasteiger partial charge < -0.3 is 10.2 Å². The van der Waals surface area contributed by atoms with Crippen molar-refractivity contribution in [1.82, 2.24) is 15.2 Å². The van der Waals surface area contributed by atoms with E-state index in [1.807, 2.05) is 0 Å². The van der Waals surface area contributed by atoms with Crippen molar-refractivity contribution in [1.29, 1.82) is 0 Å². The Morgan fingerprint density at radius 3 is 3.00 bits per heavy atom. The summed E-state index contributed by atoms with van der Waals surface area (Å²) in [5, 5.41) is 2.54. The molecule has 5 nitrogen and oxygen atoms in total. The fourth-order valence-corrected chi connectivity index (χ4v) is 2.15. The highest BCUT2D eigenvalue weighted by Gasteiger charge is 2.33. The molecule has 2 rings (SSSR count). The van der Waals surface area contributed by atoms with E-state index in [2.05, 4.69) is 10.3 Å². The average molecular weight is 251 g/mol. The Hall–Kier alpha value is -1.98. The van der Waals surface area contributed by atoms with Crippen LogP contribution in [0.1, 0.15) is 23.2 Å². The molecule has 1 unspecified atom stereocenters. The molecule has 2 heterocycles. The third-order valence-corrected chi connectivity index (χ3v) is 3.04. The first-order chi connectivity index (χ1) is 8.63. The van der Waals surface area contributed by atoms with Gasteiger partial charge in [-0.25, -0.2) is 4.98 Å². The van der Waals surface area contributed by atoms with Crippen LogP contribution in [0.2, 0.25) is 0 Å². The molecule has 6 heteroatoms. The zero-order valence-electron chi connectivity index (χ0n) is 10.0. The van der Waals surface area contributed by atoms with Gasteiger partial charge in [0.2, 0.25) is 11.9 Å². The Kier molecular flexibility index (Phi) is 3.55. The Morgan fingerprint density at radius 2 is 2.33 bits per heavy atom. The summed E-state index contributed by atoms with van der Waals surface area (Å²) < 4.78 is 13.0. The summed E-state index contributed by atoms with van der Waals surface area (Å²) in [5.41, 5.74) is 0.221. The molecule has 0 aromatic carbocycles. The Labute approximate surface area is 104 Å². The summed E-state index contributed by atoms with van der Waals surface area (Å²) in [6.45, 7) is 0.515. The number of pyridine rings is 1. The van der Waals surface area contributed by atoms with Crippen LogP contribution in [0.3, 0.4) is 0 Å². The number of aromatic nitrogens is 1. The van der Waals surface area contributed by atoms with Gasteiger partial charge in [0, 0.05) is 31.4 Å². The molecule has 1 saturated heterocycles. The smallest absolute Gasteiger partial charge is 0.254 e. The summed E-state index contributed by atoms with van der Waals surface area (Å²) in [4.78, 5) is 28.7. The molecule has 1 atom stereocenters. The van der Waals surface area contributed by atoms with Crippen molar-refractivity contribution < 1.29 is 14.0 Å². The second kappa shape index (κ2) is 5.12. The van der Waals surface area contributed by atoms with Crippen molar-refractivity contribution in [2.24, 2.45) is 0 Å². The SMILES string of the molecule is CNC(=O)C1CCCN1C(=O)c1ccnc(F)c1. The van der Waals surface area contributed by atoms with Gasteiger partial charge in [-0.05, 0) is 18.9 Å². The second-order valence-corrected chi connectivity index (χ2v) is 4.14. The molecule has 0 saturated carbocycles. The number of carbonyl (C=O) groups is 2. The minimum Gasteiger partial charge on any atom is -0.357 e. The van der Waals surface area contributed by atoms with Crippen LogP contribution in [0, 0.1) is 5.95 Å². The van der Waals surface area contributed by atoms with Crippen LogP contribution >= 0.6 is 0 Å². The van der Waals surface area contributed by atoms with Gasteiger partial charge in [0.05, 0.1) is 0 Å². The van der Waals surface area contributed by atoms with Gasteiger partial charge in [-0.2, -0.15) is 4.39 Å². The van der Waals surface area contributed by atoms with E-state index in [1.54, 1.807) is 0 Å². The van der Waals surface area contributed by atoms with E-state index in [0.717, 1.165) is 12.5 Å². The molecular formula is C12H14FN3O2. The van der Waals surface area contributed by atoms with Crippen molar-refractivity contribution in [3.8, 4) is 0 Å². The number of hydrogen-bond donors (Lipinski definition) is 1. The van der Waals surface area contributed by atoms with Crippen molar-refractivity contribution in [2.75, 3.05) is 13.6 Å². The van der Waals surface area contributed by atoms with Crippen LogP contribution in [0.25, 0.3) is 0 Å². The van der Waals surface area contributed by atoms with Gasteiger partial charge in [-0.15, -0.1) is 0 Å². The molecule has 1 aliphatic heterocycles. The Balaban J connectivity index is 2.20. The molecule has 0 radical (unpaired) electrons. The first-order valence-electron chi connectivity index (χ1n) is 5.77. The number of carbonyl (C=O) groups excluding carboxylic acids is 2. The van der Waals surface area contributed by atoms with Gasteiger partial charge in [-0.3, -0.25) is 9.59 Å². The van der Waals surface area contributed by atoms with Crippen molar-refractivity contribution in [3.05, 3.63) is 29.8 Å². The lowest BCUT2D eigenvalue weighted by Gasteiger charge is -2.23. The standard InChI is InChI=1S/C12H14FN3O2/c1-14-11(17)9-3-2-6-16(9)12(18)8-4-5-15-10(13)7-8/h4-5,7,9H,2-3,6H2,1H3,(H,14,17). The number of amides is 2. The number of likely N-dealkylation sites (tertiary alicyclic amines) is 1. The fourth-order valence-electron chi connectivity index (χ4n) is 2.15. The van der Waals surface area contributed by atoms with Gasteiger partial charge in [0.25, 0.3) is 5.91 Å². The number of hydrogen-bond acceptors (Lipinski definition) is 3. The lowest BCUT2D eigenvalue weighted by molar-refractivity contribution is -0.124. The van der Waals surface area contributed by atoms with E-state index < -0.39 is 12.0 Å². The lowest BCUT2D eigenvalue weighted by Crippen LogP contribution is -2.44. The topological polar surface area (TPSA) is 62.3 Å². The predicted molar refractivity (Wildman–Crippen MR) is 62.3 cm³/mol. The highest BCUT2D eigenvalue weighted by molar-refractivity contribution is 5.97. The van der Waals surface area contributed by atoms with Gasteiger partial charge >= 0.3 is 0 Å². The van der Waals surface area contributed by atoms with Crippen LogP contribution in [-0.2, 0) is 4.79 Å². The third-order valence-electron chi connectivity index (χ3n) is 3.04. The van der Waals surface area contributed by atoms with E-state index in [9.17, 15) is 14.0 Å². The summed E-state index contributed by atoms with van der Waals surface area (Å²) in [6.07, 6.45) is 2.66. The summed E-state index contributed by atoms with van der Waals surface area (Å²) in [7, 11) is 1.54.